The maximum Gasteiger partial charge on any atom is 0.416 e. The molecular formula is C14H12F4N2O. The van der Waals surface area contributed by atoms with Gasteiger partial charge in [0, 0.05) is 11.8 Å². The van der Waals surface area contributed by atoms with Crippen molar-refractivity contribution in [1.82, 2.24) is 4.98 Å². The Bertz CT molecular complexity index is 671. The second kappa shape index (κ2) is 5.33. The van der Waals surface area contributed by atoms with Crippen molar-refractivity contribution in [3.8, 4) is 0 Å². The Morgan fingerprint density at radius 1 is 1.19 bits per heavy atom. The number of halogens is 4. The number of nitrogens with two attached hydrogens (primary N) is 1. The summed E-state index contributed by atoms with van der Waals surface area (Å²) in [6.45, 7) is 1.66. The molecule has 0 saturated carbocycles. The van der Waals surface area contributed by atoms with E-state index in [1.165, 1.54) is 12.3 Å². The normalized spacial score (nSPS) is 13.2. The van der Waals surface area contributed by atoms with Gasteiger partial charge >= 0.3 is 6.18 Å². The molecule has 0 aliphatic heterocycles. The molecule has 1 atom stereocenters. The summed E-state index contributed by atoms with van der Waals surface area (Å²) >= 11 is 0. The molecule has 0 aliphatic rings. The first-order chi connectivity index (χ1) is 9.70. The van der Waals surface area contributed by atoms with Crippen LogP contribution in [0.2, 0.25) is 0 Å². The molecule has 112 valence electrons. The van der Waals surface area contributed by atoms with Gasteiger partial charge in [0.1, 0.15) is 17.7 Å². The highest BCUT2D eigenvalue weighted by atomic mass is 19.4. The molecule has 0 fully saturated rings. The SMILES string of the molecule is Cc1cnc(N)c(C(O)c2ccc(F)cc2C(F)(F)F)c1. The Labute approximate surface area is 118 Å². The van der Waals surface area contributed by atoms with E-state index >= 15 is 0 Å². The number of aliphatic hydroxyl groups is 1. The van der Waals surface area contributed by atoms with Gasteiger partial charge in [-0.3, -0.25) is 0 Å². The molecule has 0 bridgehead atoms. The van der Waals surface area contributed by atoms with Crippen molar-refractivity contribution in [1.29, 1.82) is 0 Å². The zero-order chi connectivity index (χ0) is 15.8. The van der Waals surface area contributed by atoms with Crippen molar-refractivity contribution in [3.05, 3.63) is 58.5 Å². The molecule has 1 aromatic heterocycles. The molecule has 3 nitrogen and oxygen atoms in total. The van der Waals surface area contributed by atoms with Crippen LogP contribution in [0.4, 0.5) is 23.4 Å². The van der Waals surface area contributed by atoms with Crippen LogP contribution in [-0.2, 0) is 6.18 Å². The van der Waals surface area contributed by atoms with Crippen LogP contribution < -0.4 is 5.73 Å². The number of aryl methyl sites for hydroxylation is 1. The van der Waals surface area contributed by atoms with E-state index < -0.39 is 29.2 Å². The predicted octanol–water partition coefficient (Wildman–Crippen LogP) is 3.21. The van der Waals surface area contributed by atoms with Crippen molar-refractivity contribution in [2.75, 3.05) is 5.73 Å². The fourth-order valence-electron chi connectivity index (χ4n) is 2.00. The molecule has 0 amide bonds. The smallest absolute Gasteiger partial charge is 0.384 e. The number of nitrogen functional groups attached to an aromatic ring is 1. The molecule has 0 radical (unpaired) electrons. The molecule has 2 aromatic rings. The average molecular weight is 300 g/mol. The van der Waals surface area contributed by atoms with Crippen LogP contribution in [-0.4, -0.2) is 10.1 Å². The summed E-state index contributed by atoms with van der Waals surface area (Å²) in [5.74, 6) is -1.11. The van der Waals surface area contributed by atoms with E-state index in [2.05, 4.69) is 4.98 Å². The number of rotatable bonds is 2. The van der Waals surface area contributed by atoms with Gasteiger partial charge in [-0.05, 0) is 36.2 Å². The Morgan fingerprint density at radius 2 is 1.86 bits per heavy atom. The number of aliphatic hydroxyl groups excluding tert-OH is 1. The number of nitrogens with zero attached hydrogens (tertiary/aromatic N) is 1. The molecule has 0 saturated heterocycles. The van der Waals surface area contributed by atoms with E-state index in [0.29, 0.717) is 11.6 Å². The third-order valence-corrected chi connectivity index (χ3v) is 3.00. The Kier molecular flexibility index (Phi) is 3.87. The number of aromatic nitrogens is 1. The maximum absolute atomic E-state index is 13.1. The monoisotopic (exact) mass is 300 g/mol. The molecule has 1 unspecified atom stereocenters. The number of anilines is 1. The van der Waals surface area contributed by atoms with E-state index in [9.17, 15) is 22.7 Å². The topological polar surface area (TPSA) is 59.1 Å². The number of hydrogen-bond acceptors (Lipinski definition) is 3. The Balaban J connectivity index is 2.58. The van der Waals surface area contributed by atoms with Crippen molar-refractivity contribution >= 4 is 5.82 Å². The summed E-state index contributed by atoms with van der Waals surface area (Å²) in [5, 5.41) is 10.2. The number of pyridine rings is 1. The van der Waals surface area contributed by atoms with Gasteiger partial charge in [0.2, 0.25) is 0 Å². The van der Waals surface area contributed by atoms with Crippen molar-refractivity contribution in [3.63, 3.8) is 0 Å². The number of benzene rings is 1. The lowest BCUT2D eigenvalue weighted by atomic mass is 9.96. The minimum atomic E-state index is -4.79. The average Bonchev–Trinajstić information content (AvgIpc) is 2.40. The van der Waals surface area contributed by atoms with Gasteiger partial charge in [-0.15, -0.1) is 0 Å². The van der Waals surface area contributed by atoms with Crippen molar-refractivity contribution in [2.24, 2.45) is 0 Å². The second-order valence-corrected chi connectivity index (χ2v) is 4.62. The highest BCUT2D eigenvalue weighted by Gasteiger charge is 2.36. The molecule has 0 spiro atoms. The van der Waals surface area contributed by atoms with Crippen LogP contribution in [0.25, 0.3) is 0 Å². The van der Waals surface area contributed by atoms with Gasteiger partial charge < -0.3 is 10.8 Å². The minimum Gasteiger partial charge on any atom is -0.384 e. The summed E-state index contributed by atoms with van der Waals surface area (Å²) in [5.41, 5.74) is 4.56. The van der Waals surface area contributed by atoms with Crippen molar-refractivity contribution < 1.29 is 22.7 Å². The van der Waals surface area contributed by atoms with Crippen molar-refractivity contribution in [2.45, 2.75) is 19.2 Å². The minimum absolute atomic E-state index is 0.0482. The van der Waals surface area contributed by atoms with Crippen LogP contribution in [0, 0.1) is 12.7 Å². The summed E-state index contributed by atoms with van der Waals surface area (Å²) in [7, 11) is 0. The molecular weight excluding hydrogens is 288 g/mol. The van der Waals surface area contributed by atoms with Crippen LogP contribution in [0.3, 0.4) is 0 Å². The lowest BCUT2D eigenvalue weighted by Gasteiger charge is -2.19. The van der Waals surface area contributed by atoms with Gasteiger partial charge in [-0.1, -0.05) is 6.07 Å². The molecule has 2 rings (SSSR count). The Hall–Kier alpha value is -2.15. The maximum atomic E-state index is 13.1. The predicted molar refractivity (Wildman–Crippen MR) is 68.9 cm³/mol. The fraction of sp³-hybridized carbons (Fsp3) is 0.214. The third-order valence-electron chi connectivity index (χ3n) is 3.00. The van der Waals surface area contributed by atoms with E-state index in [-0.39, 0.29) is 11.4 Å². The van der Waals surface area contributed by atoms with Crippen LogP contribution in [0.5, 0.6) is 0 Å². The van der Waals surface area contributed by atoms with Gasteiger partial charge in [0.25, 0.3) is 0 Å². The first-order valence-electron chi connectivity index (χ1n) is 5.97. The third kappa shape index (κ3) is 3.13. The highest BCUT2D eigenvalue weighted by Crippen LogP contribution is 2.37. The zero-order valence-corrected chi connectivity index (χ0v) is 10.9. The first kappa shape index (κ1) is 15.2. The van der Waals surface area contributed by atoms with Gasteiger partial charge in [-0.2, -0.15) is 13.2 Å². The van der Waals surface area contributed by atoms with Gasteiger partial charge in [-0.25, -0.2) is 9.37 Å². The number of hydrogen-bond donors (Lipinski definition) is 2. The van der Waals surface area contributed by atoms with Crippen LogP contribution >= 0.6 is 0 Å². The fourth-order valence-corrected chi connectivity index (χ4v) is 2.00. The summed E-state index contributed by atoms with van der Waals surface area (Å²) < 4.78 is 51.9. The van der Waals surface area contributed by atoms with E-state index in [1.807, 2.05) is 0 Å². The van der Waals surface area contributed by atoms with Crippen LogP contribution in [0.15, 0.2) is 30.5 Å². The van der Waals surface area contributed by atoms with Crippen LogP contribution in [0.1, 0.15) is 28.4 Å². The first-order valence-corrected chi connectivity index (χ1v) is 5.97. The molecule has 3 N–H and O–H groups in total. The molecule has 1 heterocycles. The van der Waals surface area contributed by atoms with Gasteiger partial charge in [0.05, 0.1) is 5.56 Å². The summed E-state index contributed by atoms with van der Waals surface area (Å²) in [4.78, 5) is 3.80. The molecule has 21 heavy (non-hydrogen) atoms. The Morgan fingerprint density at radius 3 is 2.48 bits per heavy atom. The lowest BCUT2D eigenvalue weighted by molar-refractivity contribution is -0.139. The van der Waals surface area contributed by atoms with E-state index in [4.69, 9.17) is 5.73 Å². The highest BCUT2D eigenvalue weighted by molar-refractivity contribution is 5.48. The number of alkyl halides is 3. The molecule has 7 heteroatoms. The van der Waals surface area contributed by atoms with E-state index in [0.717, 1.165) is 12.1 Å². The standard InChI is InChI=1S/C14H12F4N2O/c1-7-4-10(13(19)20-6-7)12(21)9-3-2-8(15)5-11(9)14(16,17)18/h2-6,12,21H,1H3,(H2,19,20). The summed E-state index contributed by atoms with van der Waals surface area (Å²) in [6.07, 6.45) is -5.00. The quantitative estimate of drug-likeness (QED) is 0.837. The molecule has 0 aliphatic carbocycles. The molecule has 1 aromatic carbocycles. The lowest BCUT2D eigenvalue weighted by Crippen LogP contribution is -2.14. The zero-order valence-electron chi connectivity index (χ0n) is 10.9. The van der Waals surface area contributed by atoms with Gasteiger partial charge in [0.15, 0.2) is 0 Å². The largest absolute Gasteiger partial charge is 0.416 e. The second-order valence-electron chi connectivity index (χ2n) is 4.62. The van der Waals surface area contributed by atoms with E-state index in [1.54, 1.807) is 6.92 Å². The summed E-state index contributed by atoms with van der Waals surface area (Å²) in [6, 6.07) is 3.53.